The fourth-order valence-corrected chi connectivity index (χ4v) is 3.55. The molecule has 1 heterocycles. The van der Waals surface area contributed by atoms with E-state index in [0.717, 1.165) is 12.8 Å². The lowest BCUT2D eigenvalue weighted by molar-refractivity contribution is 0.163. The summed E-state index contributed by atoms with van der Waals surface area (Å²) in [6, 6.07) is -0.185. The van der Waals surface area contributed by atoms with Gasteiger partial charge in [-0.05, 0) is 25.2 Å². The molecule has 0 saturated carbocycles. The molecule has 1 atom stereocenters. The SMILES string of the molecule is CCC(COC)NS(=O)(=O)N1CCC(CO)CC1. The quantitative estimate of drug-likeness (QED) is 0.685. The first-order valence-electron chi connectivity index (χ1n) is 6.40. The summed E-state index contributed by atoms with van der Waals surface area (Å²) in [6.45, 7) is 3.39. The third kappa shape index (κ3) is 4.47. The molecule has 1 fully saturated rings. The highest BCUT2D eigenvalue weighted by Gasteiger charge is 2.29. The lowest BCUT2D eigenvalue weighted by Crippen LogP contribution is -2.49. The van der Waals surface area contributed by atoms with Gasteiger partial charge in [-0.25, -0.2) is 0 Å². The summed E-state index contributed by atoms with van der Waals surface area (Å²) in [5, 5.41) is 9.03. The molecule has 108 valence electrons. The van der Waals surface area contributed by atoms with Crippen LogP contribution in [0.5, 0.6) is 0 Å². The van der Waals surface area contributed by atoms with Gasteiger partial charge in [-0.2, -0.15) is 17.4 Å². The van der Waals surface area contributed by atoms with Gasteiger partial charge in [-0.1, -0.05) is 6.92 Å². The van der Waals surface area contributed by atoms with Crippen LogP contribution >= 0.6 is 0 Å². The number of aliphatic hydroxyl groups is 1. The molecule has 1 saturated heterocycles. The zero-order valence-corrected chi connectivity index (χ0v) is 11.9. The van der Waals surface area contributed by atoms with Crippen LogP contribution in [0, 0.1) is 5.92 Å². The topological polar surface area (TPSA) is 78.9 Å². The Kier molecular flexibility index (Phi) is 6.51. The molecular formula is C11H24N2O4S. The van der Waals surface area contributed by atoms with Gasteiger partial charge in [0.15, 0.2) is 0 Å². The Balaban J connectivity index is 2.53. The van der Waals surface area contributed by atoms with Gasteiger partial charge in [0.1, 0.15) is 0 Å². The van der Waals surface area contributed by atoms with E-state index in [-0.39, 0.29) is 18.6 Å². The molecule has 0 amide bonds. The van der Waals surface area contributed by atoms with Crippen molar-refractivity contribution in [3.05, 3.63) is 0 Å². The summed E-state index contributed by atoms with van der Waals surface area (Å²) >= 11 is 0. The minimum Gasteiger partial charge on any atom is -0.396 e. The third-order valence-corrected chi connectivity index (χ3v) is 5.02. The number of nitrogens with zero attached hydrogens (tertiary/aromatic N) is 1. The van der Waals surface area contributed by atoms with E-state index in [9.17, 15) is 8.42 Å². The van der Waals surface area contributed by atoms with Gasteiger partial charge in [0.05, 0.1) is 6.61 Å². The zero-order chi connectivity index (χ0) is 13.6. The number of piperidine rings is 1. The van der Waals surface area contributed by atoms with E-state index >= 15 is 0 Å². The summed E-state index contributed by atoms with van der Waals surface area (Å²) in [7, 11) is -1.87. The normalized spacial score (nSPS) is 21.1. The maximum atomic E-state index is 12.1. The second kappa shape index (κ2) is 7.40. The van der Waals surface area contributed by atoms with Gasteiger partial charge < -0.3 is 9.84 Å². The highest BCUT2D eigenvalue weighted by atomic mass is 32.2. The Morgan fingerprint density at radius 3 is 2.50 bits per heavy atom. The monoisotopic (exact) mass is 280 g/mol. The van der Waals surface area contributed by atoms with Gasteiger partial charge in [-0.15, -0.1) is 0 Å². The number of aliphatic hydroxyl groups excluding tert-OH is 1. The van der Waals surface area contributed by atoms with Crippen molar-refractivity contribution in [3.8, 4) is 0 Å². The maximum absolute atomic E-state index is 12.1. The molecule has 0 aromatic rings. The van der Waals surface area contributed by atoms with Crippen molar-refractivity contribution in [2.45, 2.75) is 32.2 Å². The average molecular weight is 280 g/mol. The second-order valence-corrected chi connectivity index (χ2v) is 6.41. The Morgan fingerprint density at radius 2 is 2.06 bits per heavy atom. The van der Waals surface area contributed by atoms with Gasteiger partial charge in [-0.3, -0.25) is 0 Å². The van der Waals surface area contributed by atoms with Crippen LogP contribution < -0.4 is 4.72 Å². The first kappa shape index (κ1) is 15.8. The molecule has 1 rings (SSSR count). The van der Waals surface area contributed by atoms with Crippen LogP contribution in [0.15, 0.2) is 0 Å². The number of rotatable bonds is 7. The molecule has 0 spiro atoms. The van der Waals surface area contributed by atoms with E-state index in [1.807, 2.05) is 6.92 Å². The standard InChI is InChI=1S/C11H24N2O4S/c1-3-11(9-17-2)12-18(15,16)13-6-4-10(8-14)5-7-13/h10-12,14H,3-9H2,1-2H3. The van der Waals surface area contributed by atoms with E-state index in [1.54, 1.807) is 7.11 Å². The predicted octanol–water partition coefficient (Wildman–Crippen LogP) is -0.0499. The highest BCUT2D eigenvalue weighted by molar-refractivity contribution is 7.87. The molecule has 7 heteroatoms. The summed E-state index contributed by atoms with van der Waals surface area (Å²) in [6.07, 6.45) is 2.14. The van der Waals surface area contributed by atoms with Crippen LogP contribution in [0.4, 0.5) is 0 Å². The molecule has 0 aromatic carbocycles. The van der Waals surface area contributed by atoms with Crippen LogP contribution in [0.2, 0.25) is 0 Å². The van der Waals surface area contributed by atoms with Crippen molar-refractivity contribution < 1.29 is 18.3 Å². The van der Waals surface area contributed by atoms with Crippen LogP contribution in [0.1, 0.15) is 26.2 Å². The summed E-state index contributed by atoms with van der Waals surface area (Å²) in [5.74, 6) is 0.234. The van der Waals surface area contributed by atoms with Crippen molar-refractivity contribution in [1.82, 2.24) is 9.03 Å². The highest BCUT2D eigenvalue weighted by Crippen LogP contribution is 2.18. The Hall–Kier alpha value is -0.210. The number of hydrogen-bond acceptors (Lipinski definition) is 4. The number of ether oxygens (including phenoxy) is 1. The summed E-state index contributed by atoms with van der Waals surface area (Å²) < 4.78 is 33.3. The molecule has 1 unspecified atom stereocenters. The molecule has 0 radical (unpaired) electrons. The van der Waals surface area contributed by atoms with Crippen molar-refractivity contribution >= 4 is 10.2 Å². The largest absolute Gasteiger partial charge is 0.396 e. The molecule has 2 N–H and O–H groups in total. The van der Waals surface area contributed by atoms with Crippen molar-refractivity contribution in [3.63, 3.8) is 0 Å². The first-order valence-corrected chi connectivity index (χ1v) is 7.84. The second-order valence-electron chi connectivity index (χ2n) is 4.71. The Morgan fingerprint density at radius 1 is 1.44 bits per heavy atom. The Labute approximate surface area is 109 Å². The lowest BCUT2D eigenvalue weighted by atomic mass is 10.00. The van der Waals surface area contributed by atoms with Gasteiger partial charge in [0, 0.05) is 32.8 Å². The van der Waals surface area contributed by atoms with Crippen LogP contribution in [-0.2, 0) is 14.9 Å². The fourth-order valence-electron chi connectivity index (χ4n) is 2.05. The predicted molar refractivity (Wildman–Crippen MR) is 69.4 cm³/mol. The zero-order valence-electron chi connectivity index (χ0n) is 11.1. The van der Waals surface area contributed by atoms with Gasteiger partial charge in [0.2, 0.25) is 0 Å². The van der Waals surface area contributed by atoms with Crippen molar-refractivity contribution in [2.75, 3.05) is 33.4 Å². The minimum absolute atomic E-state index is 0.141. The summed E-state index contributed by atoms with van der Waals surface area (Å²) in [4.78, 5) is 0. The Bertz CT molecular complexity index is 326. The van der Waals surface area contributed by atoms with Gasteiger partial charge >= 0.3 is 0 Å². The number of methoxy groups -OCH3 is 1. The van der Waals surface area contributed by atoms with Crippen LogP contribution in [0.25, 0.3) is 0 Å². The molecule has 0 aliphatic carbocycles. The summed E-state index contributed by atoms with van der Waals surface area (Å²) in [5.41, 5.74) is 0. The number of nitrogens with one attached hydrogen (secondary N) is 1. The van der Waals surface area contributed by atoms with E-state index in [2.05, 4.69) is 4.72 Å². The van der Waals surface area contributed by atoms with Crippen LogP contribution in [-0.4, -0.2) is 57.3 Å². The van der Waals surface area contributed by atoms with Crippen LogP contribution in [0.3, 0.4) is 0 Å². The average Bonchev–Trinajstić information content (AvgIpc) is 2.38. The van der Waals surface area contributed by atoms with Crippen molar-refractivity contribution in [1.29, 1.82) is 0 Å². The third-order valence-electron chi connectivity index (χ3n) is 3.35. The van der Waals surface area contributed by atoms with E-state index in [1.165, 1.54) is 4.31 Å². The number of hydrogen-bond donors (Lipinski definition) is 2. The van der Waals surface area contributed by atoms with E-state index in [4.69, 9.17) is 9.84 Å². The maximum Gasteiger partial charge on any atom is 0.279 e. The van der Waals surface area contributed by atoms with E-state index in [0.29, 0.717) is 26.1 Å². The minimum atomic E-state index is -3.43. The molecule has 1 aliphatic rings. The van der Waals surface area contributed by atoms with Gasteiger partial charge in [0.25, 0.3) is 10.2 Å². The fraction of sp³-hybridized carbons (Fsp3) is 1.00. The molecule has 1 aliphatic heterocycles. The first-order chi connectivity index (χ1) is 8.53. The molecule has 18 heavy (non-hydrogen) atoms. The smallest absolute Gasteiger partial charge is 0.279 e. The molecule has 0 aromatic heterocycles. The van der Waals surface area contributed by atoms with Crippen molar-refractivity contribution in [2.24, 2.45) is 5.92 Å². The lowest BCUT2D eigenvalue weighted by Gasteiger charge is -2.31. The molecule has 0 bridgehead atoms. The molecular weight excluding hydrogens is 256 g/mol. The molecule has 6 nitrogen and oxygen atoms in total. The van der Waals surface area contributed by atoms with E-state index < -0.39 is 10.2 Å².